The summed E-state index contributed by atoms with van der Waals surface area (Å²) in [6.45, 7) is -0.0992. The van der Waals surface area contributed by atoms with Crippen molar-refractivity contribution in [1.29, 1.82) is 0 Å². The van der Waals surface area contributed by atoms with Crippen LogP contribution in [0.3, 0.4) is 0 Å². The molecule has 2 bridgehead atoms. The van der Waals surface area contributed by atoms with E-state index in [2.05, 4.69) is 20.3 Å². The third-order valence-electron chi connectivity index (χ3n) is 6.80. The first-order valence-electron chi connectivity index (χ1n) is 11.6. The predicted octanol–water partition coefficient (Wildman–Crippen LogP) is 3.14. The number of piperazine rings is 1. The molecule has 2 atom stereocenters. The molecule has 3 aromatic heterocycles. The van der Waals surface area contributed by atoms with Crippen LogP contribution in [0.2, 0.25) is 0 Å². The Kier molecular flexibility index (Phi) is 5.67. The lowest BCUT2D eigenvalue weighted by molar-refractivity contribution is 0.125. The molecule has 37 heavy (non-hydrogen) atoms. The van der Waals surface area contributed by atoms with Gasteiger partial charge < -0.3 is 20.7 Å². The number of halogens is 4. The molecule has 3 N–H and O–H groups in total. The Labute approximate surface area is 210 Å². The highest BCUT2D eigenvalue weighted by molar-refractivity contribution is 7.22. The van der Waals surface area contributed by atoms with E-state index in [1.54, 1.807) is 0 Å². The molecular formula is C23H21F4N7O2S. The Morgan fingerprint density at radius 1 is 1.16 bits per heavy atom. The Hall–Kier alpha value is -3.52. The van der Waals surface area contributed by atoms with Crippen molar-refractivity contribution >= 4 is 43.4 Å². The molecule has 2 aliphatic heterocycles. The van der Waals surface area contributed by atoms with Gasteiger partial charge in [0.05, 0.1) is 29.6 Å². The molecule has 0 aliphatic carbocycles. The van der Waals surface area contributed by atoms with Crippen molar-refractivity contribution in [2.24, 2.45) is 0 Å². The quantitative estimate of drug-likeness (QED) is 0.375. The summed E-state index contributed by atoms with van der Waals surface area (Å²) in [6.07, 6.45) is -1.11. The molecular weight excluding hydrogens is 514 g/mol. The van der Waals surface area contributed by atoms with Gasteiger partial charge in [-0.2, -0.15) is 9.97 Å². The van der Waals surface area contributed by atoms with Crippen molar-refractivity contribution < 1.29 is 22.3 Å². The van der Waals surface area contributed by atoms with E-state index in [9.17, 15) is 18.0 Å². The number of aromatic nitrogens is 4. The Balaban J connectivity index is 1.68. The van der Waals surface area contributed by atoms with Crippen LogP contribution in [-0.4, -0.2) is 58.2 Å². The van der Waals surface area contributed by atoms with Crippen molar-refractivity contribution in [3.63, 3.8) is 0 Å². The normalized spacial score (nSPS) is 19.5. The van der Waals surface area contributed by atoms with Gasteiger partial charge in [0.1, 0.15) is 22.5 Å². The van der Waals surface area contributed by atoms with Gasteiger partial charge in [-0.25, -0.2) is 22.5 Å². The maximum atomic E-state index is 16.4. The lowest BCUT2D eigenvalue weighted by Crippen LogP contribution is -2.51. The summed E-state index contributed by atoms with van der Waals surface area (Å²) in [5.74, 6) is -1.58. The molecule has 194 valence electrons. The number of methoxy groups -OCH3 is 1. The highest BCUT2D eigenvalue weighted by Gasteiger charge is 2.35. The van der Waals surface area contributed by atoms with E-state index in [1.807, 2.05) is 4.90 Å². The zero-order chi connectivity index (χ0) is 26.0. The maximum Gasteiger partial charge on any atom is 0.318 e. The van der Waals surface area contributed by atoms with Crippen molar-refractivity contribution in [2.45, 2.75) is 37.9 Å². The molecule has 5 heterocycles. The lowest BCUT2D eigenvalue weighted by atomic mass is 10.1. The number of benzene rings is 1. The van der Waals surface area contributed by atoms with Crippen LogP contribution >= 0.6 is 11.3 Å². The fourth-order valence-corrected chi connectivity index (χ4v) is 6.06. The topological polar surface area (TPSA) is 111 Å². The number of pyridine rings is 1. The lowest BCUT2D eigenvalue weighted by Gasteiger charge is -2.34. The van der Waals surface area contributed by atoms with E-state index >= 15 is 4.39 Å². The molecule has 2 saturated heterocycles. The van der Waals surface area contributed by atoms with E-state index in [0.717, 1.165) is 30.2 Å². The van der Waals surface area contributed by atoms with Gasteiger partial charge in [0.2, 0.25) is 0 Å². The maximum absolute atomic E-state index is 16.4. The molecule has 4 aromatic rings. The standard InChI is InChI=1S/C23H21F4N7O2S/c1-36-23-31-17-14(20(32-23)33-6-9-2-3-10(7-33)29-9)21(35)34(8-13(25)26)18(15(17)27)11-4-5-12(24)19-16(11)30-22(28)37-19/h4-5,9-10,13,29H,2-3,6-8H2,1H3,(H2,28,30). The second-order valence-corrected chi connectivity index (χ2v) is 10.1. The van der Waals surface area contributed by atoms with E-state index in [1.165, 1.54) is 13.2 Å². The molecule has 0 spiro atoms. The van der Waals surface area contributed by atoms with Gasteiger partial charge >= 0.3 is 6.01 Å². The first-order valence-corrected chi connectivity index (χ1v) is 12.4. The summed E-state index contributed by atoms with van der Waals surface area (Å²) < 4.78 is 64.2. The zero-order valence-corrected chi connectivity index (χ0v) is 20.3. The predicted molar refractivity (Wildman–Crippen MR) is 131 cm³/mol. The number of nitrogens with one attached hydrogen (secondary N) is 1. The Morgan fingerprint density at radius 2 is 1.89 bits per heavy atom. The smallest absolute Gasteiger partial charge is 0.318 e. The number of fused-ring (bicyclic) bond motifs is 4. The number of thiazole rings is 1. The van der Waals surface area contributed by atoms with Crippen LogP contribution in [0.5, 0.6) is 6.01 Å². The van der Waals surface area contributed by atoms with Gasteiger partial charge in [-0.3, -0.25) is 9.36 Å². The number of anilines is 2. The molecule has 2 fully saturated rings. The molecule has 9 nitrogen and oxygen atoms in total. The van der Waals surface area contributed by atoms with Gasteiger partial charge in [-0.05, 0) is 25.0 Å². The van der Waals surface area contributed by atoms with Gasteiger partial charge in [-0.1, -0.05) is 11.3 Å². The van der Waals surface area contributed by atoms with Crippen LogP contribution < -0.4 is 26.2 Å². The first-order chi connectivity index (χ1) is 17.7. The van der Waals surface area contributed by atoms with E-state index in [-0.39, 0.29) is 55.7 Å². The third-order valence-corrected chi connectivity index (χ3v) is 7.69. The minimum Gasteiger partial charge on any atom is -0.467 e. The van der Waals surface area contributed by atoms with Crippen molar-refractivity contribution in [3.8, 4) is 17.3 Å². The number of ether oxygens (including phenoxy) is 1. The van der Waals surface area contributed by atoms with Crippen LogP contribution in [0.15, 0.2) is 16.9 Å². The summed E-state index contributed by atoms with van der Waals surface area (Å²) in [6, 6.07) is 2.38. The summed E-state index contributed by atoms with van der Waals surface area (Å²) in [5, 5.41) is 3.25. The summed E-state index contributed by atoms with van der Waals surface area (Å²) in [7, 11) is 1.31. The Bertz CT molecular complexity index is 1600. The van der Waals surface area contributed by atoms with E-state index < -0.39 is 35.9 Å². The first kappa shape index (κ1) is 23.9. The number of nitrogens with zero attached hydrogens (tertiary/aromatic N) is 5. The summed E-state index contributed by atoms with van der Waals surface area (Å²) >= 11 is 0.830. The van der Waals surface area contributed by atoms with Crippen molar-refractivity contribution in [2.75, 3.05) is 30.8 Å². The second-order valence-electron chi connectivity index (χ2n) is 9.09. The molecule has 0 amide bonds. The fraction of sp³-hybridized carbons (Fsp3) is 0.391. The number of alkyl halides is 2. The highest BCUT2D eigenvalue weighted by atomic mass is 32.1. The average molecular weight is 536 g/mol. The molecule has 6 rings (SSSR count). The number of hydrogen-bond donors (Lipinski definition) is 2. The van der Waals surface area contributed by atoms with Gasteiger partial charge in [0.15, 0.2) is 10.9 Å². The summed E-state index contributed by atoms with van der Waals surface area (Å²) in [5.41, 5.74) is 3.91. The van der Waals surface area contributed by atoms with Crippen LogP contribution in [0.4, 0.5) is 28.5 Å². The van der Waals surface area contributed by atoms with Crippen LogP contribution in [0.25, 0.3) is 32.4 Å². The SMILES string of the molecule is COc1nc(N2CC3CCC(C2)N3)c2c(=O)n(CC(F)F)c(-c3ccc(F)c4sc(N)nc34)c(F)c2n1. The highest BCUT2D eigenvalue weighted by Crippen LogP contribution is 2.38. The number of rotatable bonds is 5. The monoisotopic (exact) mass is 535 g/mol. The minimum atomic E-state index is -2.98. The third kappa shape index (κ3) is 3.85. The van der Waals surface area contributed by atoms with Crippen LogP contribution in [0.1, 0.15) is 12.8 Å². The van der Waals surface area contributed by atoms with Crippen LogP contribution in [0, 0.1) is 11.6 Å². The molecule has 14 heteroatoms. The second kappa shape index (κ2) is 8.80. The van der Waals surface area contributed by atoms with E-state index in [0.29, 0.717) is 17.7 Å². The largest absolute Gasteiger partial charge is 0.467 e. The van der Waals surface area contributed by atoms with E-state index in [4.69, 9.17) is 10.5 Å². The van der Waals surface area contributed by atoms with Crippen LogP contribution in [-0.2, 0) is 6.54 Å². The van der Waals surface area contributed by atoms with Crippen molar-refractivity contribution in [3.05, 3.63) is 34.1 Å². The van der Waals surface area contributed by atoms with Gasteiger partial charge in [0, 0.05) is 30.7 Å². The summed E-state index contributed by atoms with van der Waals surface area (Å²) in [4.78, 5) is 28.2. The Morgan fingerprint density at radius 3 is 2.57 bits per heavy atom. The number of hydrogen-bond acceptors (Lipinski definition) is 9. The zero-order valence-electron chi connectivity index (χ0n) is 19.5. The number of nitrogens with two attached hydrogens (primary N) is 1. The average Bonchev–Trinajstić information content (AvgIpc) is 3.43. The molecule has 1 aromatic carbocycles. The molecule has 2 unspecified atom stereocenters. The van der Waals surface area contributed by atoms with Crippen molar-refractivity contribution in [1.82, 2.24) is 24.8 Å². The number of nitrogen functional groups attached to an aromatic ring is 1. The van der Waals surface area contributed by atoms with Gasteiger partial charge in [0.25, 0.3) is 12.0 Å². The molecule has 0 radical (unpaired) electrons. The molecule has 2 aliphatic rings. The fourth-order valence-electron chi connectivity index (χ4n) is 5.30. The molecule has 0 saturated carbocycles. The minimum absolute atomic E-state index is 0.00456. The van der Waals surface area contributed by atoms with Gasteiger partial charge in [-0.15, -0.1) is 0 Å².